The van der Waals surface area contributed by atoms with Gasteiger partial charge in [-0.25, -0.2) is 0 Å². The normalized spacial score (nSPS) is 8.86. The van der Waals surface area contributed by atoms with Crippen LogP contribution in [0.3, 0.4) is 0 Å². The van der Waals surface area contributed by atoms with Crippen LogP contribution in [-0.4, -0.2) is 6.17 Å². The number of rotatable bonds is 3. The Morgan fingerprint density at radius 3 is 1.86 bits per heavy atom. The summed E-state index contributed by atoms with van der Waals surface area (Å²) in [6, 6.07) is 0. The van der Waals surface area contributed by atoms with Gasteiger partial charge in [0.1, 0.15) is 0 Å². The van der Waals surface area contributed by atoms with Crippen LogP contribution in [0.5, 0.6) is 0 Å². The Morgan fingerprint density at radius 1 is 1.43 bits per heavy atom. The van der Waals surface area contributed by atoms with Gasteiger partial charge in [-0.2, -0.15) is 0 Å². The molecule has 4 heteroatoms. The van der Waals surface area contributed by atoms with Crippen molar-refractivity contribution < 1.29 is 0 Å². The van der Waals surface area contributed by atoms with Crippen LogP contribution in [0.25, 0.3) is 0 Å². The molecule has 40 valence electrons. The van der Waals surface area contributed by atoms with Gasteiger partial charge in [0.05, 0.1) is 0 Å². The molecule has 0 amide bonds. The summed E-state index contributed by atoms with van der Waals surface area (Å²) < 4.78 is 0. The van der Waals surface area contributed by atoms with Crippen molar-refractivity contribution in [1.29, 1.82) is 0 Å². The van der Waals surface area contributed by atoms with Crippen molar-refractivity contribution in [3.05, 3.63) is 9.81 Å². The van der Waals surface area contributed by atoms with E-state index in [4.69, 9.17) is 0 Å². The summed E-state index contributed by atoms with van der Waals surface area (Å²) in [5, 5.41) is 4.79. The van der Waals surface area contributed by atoms with Crippen molar-refractivity contribution >= 4 is 0 Å². The molecule has 0 aromatic heterocycles. The molecule has 0 fully saturated rings. The standard InChI is InChI=1S/C3H6N2O2/c1-2-3(4-6)5-7/h3H,2H2,1H3. The predicted octanol–water partition coefficient (Wildman–Crippen LogP) is 1.26. The lowest BCUT2D eigenvalue weighted by molar-refractivity contribution is 0.676. The lowest BCUT2D eigenvalue weighted by Gasteiger charge is -1.86. The maximum absolute atomic E-state index is 9.42. The monoisotopic (exact) mass is 102 g/mol. The van der Waals surface area contributed by atoms with Crippen molar-refractivity contribution in [1.82, 2.24) is 0 Å². The van der Waals surface area contributed by atoms with Gasteiger partial charge in [0.25, 0.3) is 0 Å². The SMILES string of the molecule is CCC(N=O)N=O. The smallest absolute Gasteiger partial charge is 0.148 e. The van der Waals surface area contributed by atoms with Crippen LogP contribution in [0, 0.1) is 9.81 Å². The van der Waals surface area contributed by atoms with Crippen LogP contribution in [0.4, 0.5) is 0 Å². The molecule has 0 saturated carbocycles. The van der Waals surface area contributed by atoms with E-state index in [2.05, 4.69) is 10.4 Å². The molecule has 0 spiro atoms. The minimum Gasteiger partial charge on any atom is -0.148 e. The second-order valence-corrected chi connectivity index (χ2v) is 1.10. The fourth-order valence-electron chi connectivity index (χ4n) is 0.168. The van der Waals surface area contributed by atoms with Crippen molar-refractivity contribution in [2.24, 2.45) is 10.4 Å². The first-order valence-corrected chi connectivity index (χ1v) is 2.00. The summed E-state index contributed by atoms with van der Waals surface area (Å²) in [5.74, 6) is 0. The number of hydrogen-bond acceptors (Lipinski definition) is 4. The molecule has 0 radical (unpaired) electrons. The van der Waals surface area contributed by atoms with Gasteiger partial charge in [0.2, 0.25) is 6.17 Å². The largest absolute Gasteiger partial charge is 0.222 e. The zero-order valence-corrected chi connectivity index (χ0v) is 4.00. The highest BCUT2D eigenvalue weighted by Gasteiger charge is 2.00. The van der Waals surface area contributed by atoms with Gasteiger partial charge in [-0.05, 0) is 16.8 Å². The van der Waals surface area contributed by atoms with Gasteiger partial charge in [-0.15, -0.1) is 9.81 Å². The van der Waals surface area contributed by atoms with Crippen molar-refractivity contribution in [2.45, 2.75) is 19.5 Å². The van der Waals surface area contributed by atoms with E-state index in [1.165, 1.54) is 0 Å². The minimum atomic E-state index is -0.875. The van der Waals surface area contributed by atoms with Crippen LogP contribution in [0.1, 0.15) is 13.3 Å². The highest BCUT2D eigenvalue weighted by atomic mass is 16.3. The third-order valence-electron chi connectivity index (χ3n) is 0.609. The first-order chi connectivity index (χ1) is 3.35. The first kappa shape index (κ1) is 6.20. The first-order valence-electron chi connectivity index (χ1n) is 2.00. The second-order valence-electron chi connectivity index (χ2n) is 1.10. The van der Waals surface area contributed by atoms with E-state index in [0.717, 1.165) is 0 Å². The summed E-state index contributed by atoms with van der Waals surface area (Å²) in [7, 11) is 0. The summed E-state index contributed by atoms with van der Waals surface area (Å²) >= 11 is 0. The van der Waals surface area contributed by atoms with Crippen LogP contribution in [-0.2, 0) is 0 Å². The molecular formula is C3H6N2O2. The maximum Gasteiger partial charge on any atom is 0.222 e. The highest BCUT2D eigenvalue weighted by molar-refractivity contribution is 4.55. The molecule has 0 atom stereocenters. The third-order valence-corrected chi connectivity index (χ3v) is 0.609. The Hall–Kier alpha value is -0.800. The van der Waals surface area contributed by atoms with E-state index in [9.17, 15) is 9.81 Å². The maximum atomic E-state index is 9.42. The van der Waals surface area contributed by atoms with Gasteiger partial charge in [-0.3, -0.25) is 0 Å². The van der Waals surface area contributed by atoms with Gasteiger partial charge < -0.3 is 0 Å². The second kappa shape index (κ2) is 3.39. The van der Waals surface area contributed by atoms with E-state index in [0.29, 0.717) is 6.42 Å². The van der Waals surface area contributed by atoms with E-state index < -0.39 is 6.17 Å². The molecular weight excluding hydrogens is 96.0 g/mol. The summed E-state index contributed by atoms with van der Waals surface area (Å²) in [4.78, 5) is 18.8. The molecule has 0 rings (SSSR count). The summed E-state index contributed by atoms with van der Waals surface area (Å²) in [5.41, 5.74) is 0. The quantitative estimate of drug-likeness (QED) is 0.503. The van der Waals surface area contributed by atoms with Gasteiger partial charge in [-0.1, -0.05) is 6.92 Å². The molecule has 0 aliphatic carbocycles. The molecule has 0 heterocycles. The van der Waals surface area contributed by atoms with Gasteiger partial charge >= 0.3 is 0 Å². The number of hydrogen-bond donors (Lipinski definition) is 0. The zero-order chi connectivity index (χ0) is 5.70. The molecule has 0 aliphatic rings. The van der Waals surface area contributed by atoms with E-state index in [1.54, 1.807) is 6.92 Å². The fraction of sp³-hybridized carbons (Fsp3) is 1.00. The molecule has 0 aromatic carbocycles. The third kappa shape index (κ3) is 1.97. The molecule has 0 saturated heterocycles. The zero-order valence-electron chi connectivity index (χ0n) is 4.00. The fourth-order valence-corrected chi connectivity index (χ4v) is 0.168. The Balaban J connectivity index is 3.36. The average Bonchev–Trinajstić information content (AvgIpc) is 1.72. The van der Waals surface area contributed by atoms with Crippen LogP contribution >= 0.6 is 0 Å². The van der Waals surface area contributed by atoms with E-state index in [1.807, 2.05) is 0 Å². The predicted molar refractivity (Wildman–Crippen MR) is 25.7 cm³/mol. The number of nitroso groups, excluding NO2 is 2. The molecule has 0 bridgehead atoms. The Bertz CT molecular complexity index is 65.3. The van der Waals surface area contributed by atoms with Gasteiger partial charge in [0.15, 0.2) is 0 Å². The molecule has 0 N–H and O–H groups in total. The topological polar surface area (TPSA) is 58.9 Å². The minimum absolute atomic E-state index is 0.396. The molecule has 0 aliphatic heterocycles. The van der Waals surface area contributed by atoms with E-state index in [-0.39, 0.29) is 0 Å². The van der Waals surface area contributed by atoms with Crippen molar-refractivity contribution in [3.63, 3.8) is 0 Å². The van der Waals surface area contributed by atoms with Crippen LogP contribution in [0.15, 0.2) is 10.4 Å². The lowest BCUT2D eigenvalue weighted by atomic mass is 10.4. The summed E-state index contributed by atoms with van der Waals surface area (Å²) in [6.07, 6.45) is -0.479. The van der Waals surface area contributed by atoms with Crippen LogP contribution in [0.2, 0.25) is 0 Å². The van der Waals surface area contributed by atoms with Crippen molar-refractivity contribution in [3.8, 4) is 0 Å². The Kier molecular flexibility index (Phi) is 3.00. The molecule has 7 heavy (non-hydrogen) atoms. The summed E-state index contributed by atoms with van der Waals surface area (Å²) in [6.45, 7) is 1.67. The highest BCUT2D eigenvalue weighted by Crippen LogP contribution is 1.94. The van der Waals surface area contributed by atoms with Crippen LogP contribution < -0.4 is 0 Å². The Labute approximate surface area is 40.9 Å². The molecule has 4 nitrogen and oxygen atoms in total. The Morgan fingerprint density at radius 2 is 1.86 bits per heavy atom. The van der Waals surface area contributed by atoms with Gasteiger partial charge in [0, 0.05) is 0 Å². The average molecular weight is 102 g/mol. The van der Waals surface area contributed by atoms with E-state index >= 15 is 0 Å². The lowest BCUT2D eigenvalue weighted by Crippen LogP contribution is -1.92. The molecule has 0 unspecified atom stereocenters. The number of nitrogens with zero attached hydrogens (tertiary/aromatic N) is 2. The van der Waals surface area contributed by atoms with Crippen molar-refractivity contribution in [2.75, 3.05) is 0 Å². The molecule has 0 aromatic rings.